The van der Waals surface area contributed by atoms with Gasteiger partial charge in [-0.05, 0) is 48.8 Å². The Morgan fingerprint density at radius 2 is 1.85 bits per heavy atom. The molecule has 0 unspecified atom stereocenters. The van der Waals surface area contributed by atoms with Crippen LogP contribution in [0.25, 0.3) is 0 Å². The summed E-state index contributed by atoms with van der Waals surface area (Å²) in [6.07, 6.45) is 1.96. The van der Waals surface area contributed by atoms with E-state index in [1.807, 2.05) is 0 Å². The minimum atomic E-state index is -4.22. The van der Waals surface area contributed by atoms with Gasteiger partial charge in [-0.25, -0.2) is 0 Å². The first kappa shape index (κ1) is 17.3. The van der Waals surface area contributed by atoms with Crippen molar-refractivity contribution in [3.05, 3.63) is 29.8 Å². The summed E-state index contributed by atoms with van der Waals surface area (Å²) < 4.78 is 41.8. The Bertz CT molecular complexity index is 368. The number of rotatable bonds is 9. The van der Waals surface area contributed by atoms with Gasteiger partial charge in [0.05, 0.1) is 0 Å². The molecule has 1 N–H and O–H groups in total. The third-order valence-corrected chi connectivity index (χ3v) is 3.22. The second kappa shape index (κ2) is 9.26. The molecular weight excluding hydrogens is 287 g/mol. The van der Waals surface area contributed by atoms with Gasteiger partial charge in [0, 0.05) is 24.7 Å². The Morgan fingerprint density at radius 3 is 2.45 bits per heavy atom. The maximum absolute atomic E-state index is 12.2. The van der Waals surface area contributed by atoms with E-state index in [1.54, 1.807) is 12.1 Å². The van der Waals surface area contributed by atoms with Crippen LogP contribution in [0, 0.1) is 0 Å². The van der Waals surface area contributed by atoms with Gasteiger partial charge in [0.1, 0.15) is 0 Å². The molecule has 0 amide bonds. The summed E-state index contributed by atoms with van der Waals surface area (Å²) in [5.74, 6) is 0. The minimum Gasteiger partial charge on any atom is -0.381 e. The average molecular weight is 307 g/mol. The van der Waals surface area contributed by atoms with Crippen LogP contribution < -0.4 is 5.32 Å². The van der Waals surface area contributed by atoms with Gasteiger partial charge < -0.3 is 10.1 Å². The summed E-state index contributed by atoms with van der Waals surface area (Å²) in [4.78, 5) is 0.217. The summed E-state index contributed by atoms with van der Waals surface area (Å²) >= 11 is -0.0880. The summed E-state index contributed by atoms with van der Waals surface area (Å²) in [5, 5.41) is 3.24. The van der Waals surface area contributed by atoms with Gasteiger partial charge in [-0.2, -0.15) is 13.2 Å². The molecule has 0 radical (unpaired) electrons. The van der Waals surface area contributed by atoms with Crippen molar-refractivity contribution in [2.24, 2.45) is 0 Å². The van der Waals surface area contributed by atoms with Crippen molar-refractivity contribution in [2.45, 2.75) is 36.7 Å². The molecule has 0 aromatic heterocycles. The molecule has 2 nitrogen and oxygen atoms in total. The fourth-order valence-electron chi connectivity index (χ4n) is 1.59. The average Bonchev–Trinajstić information content (AvgIpc) is 2.38. The van der Waals surface area contributed by atoms with E-state index in [0.29, 0.717) is 6.54 Å². The van der Waals surface area contributed by atoms with Crippen LogP contribution in [0.2, 0.25) is 0 Å². The van der Waals surface area contributed by atoms with E-state index in [9.17, 15) is 13.2 Å². The lowest BCUT2D eigenvalue weighted by molar-refractivity contribution is -0.0328. The third kappa shape index (κ3) is 8.45. The van der Waals surface area contributed by atoms with Gasteiger partial charge in [0.15, 0.2) is 0 Å². The molecule has 0 aliphatic carbocycles. The van der Waals surface area contributed by atoms with E-state index in [4.69, 9.17) is 4.74 Å². The highest BCUT2D eigenvalue weighted by Crippen LogP contribution is 2.36. The van der Waals surface area contributed by atoms with Crippen molar-refractivity contribution in [2.75, 3.05) is 19.8 Å². The van der Waals surface area contributed by atoms with Crippen molar-refractivity contribution in [3.63, 3.8) is 0 Å². The zero-order valence-corrected chi connectivity index (χ0v) is 12.3. The van der Waals surface area contributed by atoms with Gasteiger partial charge >= 0.3 is 5.51 Å². The first-order valence-electron chi connectivity index (χ1n) is 6.64. The molecule has 0 heterocycles. The lowest BCUT2D eigenvalue weighted by atomic mass is 10.2. The number of hydrogen-bond donors (Lipinski definition) is 1. The molecule has 114 valence electrons. The van der Waals surface area contributed by atoms with Crippen LogP contribution in [0.5, 0.6) is 0 Å². The Balaban J connectivity index is 2.18. The third-order valence-electron chi connectivity index (χ3n) is 2.48. The highest BCUT2D eigenvalue weighted by atomic mass is 32.2. The van der Waals surface area contributed by atoms with Gasteiger partial charge in [0.2, 0.25) is 0 Å². The SMILES string of the molecule is CCCOCCCNCc1ccc(SC(F)(F)F)cc1. The molecule has 6 heteroatoms. The molecule has 0 saturated heterocycles. The second-order valence-electron chi connectivity index (χ2n) is 4.33. The monoisotopic (exact) mass is 307 g/mol. The Kier molecular flexibility index (Phi) is 8.02. The number of alkyl halides is 3. The number of thioether (sulfide) groups is 1. The van der Waals surface area contributed by atoms with Gasteiger partial charge in [-0.3, -0.25) is 0 Å². The number of ether oxygens (including phenoxy) is 1. The highest BCUT2D eigenvalue weighted by Gasteiger charge is 2.28. The molecule has 0 fully saturated rings. The zero-order valence-electron chi connectivity index (χ0n) is 11.5. The number of benzene rings is 1. The maximum Gasteiger partial charge on any atom is 0.446 e. The summed E-state index contributed by atoms with van der Waals surface area (Å²) in [5.41, 5.74) is -3.25. The Hall–Kier alpha value is -0.720. The highest BCUT2D eigenvalue weighted by molar-refractivity contribution is 8.00. The van der Waals surface area contributed by atoms with Crippen LogP contribution in [0.1, 0.15) is 25.3 Å². The molecule has 1 rings (SSSR count). The molecule has 0 atom stereocenters. The van der Waals surface area contributed by atoms with Crippen molar-refractivity contribution in [3.8, 4) is 0 Å². The normalized spacial score (nSPS) is 11.8. The smallest absolute Gasteiger partial charge is 0.381 e. The van der Waals surface area contributed by atoms with E-state index in [-0.39, 0.29) is 16.7 Å². The number of hydrogen-bond acceptors (Lipinski definition) is 3. The van der Waals surface area contributed by atoms with Crippen LogP contribution in [-0.2, 0) is 11.3 Å². The molecular formula is C14H20F3NOS. The lowest BCUT2D eigenvalue weighted by Gasteiger charge is -2.08. The Morgan fingerprint density at radius 1 is 1.15 bits per heavy atom. The fourth-order valence-corrected chi connectivity index (χ4v) is 2.13. The zero-order chi connectivity index (χ0) is 14.8. The van der Waals surface area contributed by atoms with Crippen molar-refractivity contribution >= 4 is 11.8 Å². The fraction of sp³-hybridized carbons (Fsp3) is 0.571. The number of nitrogens with one attached hydrogen (secondary N) is 1. The van der Waals surface area contributed by atoms with E-state index in [2.05, 4.69) is 12.2 Å². The molecule has 20 heavy (non-hydrogen) atoms. The van der Waals surface area contributed by atoms with Gasteiger partial charge in [-0.15, -0.1) is 0 Å². The summed E-state index contributed by atoms with van der Waals surface area (Å²) in [6.45, 7) is 5.09. The first-order chi connectivity index (χ1) is 9.51. The van der Waals surface area contributed by atoms with E-state index >= 15 is 0 Å². The largest absolute Gasteiger partial charge is 0.446 e. The molecule has 1 aromatic carbocycles. The topological polar surface area (TPSA) is 21.3 Å². The van der Waals surface area contributed by atoms with E-state index in [1.165, 1.54) is 12.1 Å². The quantitative estimate of drug-likeness (QED) is 0.545. The van der Waals surface area contributed by atoms with E-state index < -0.39 is 5.51 Å². The lowest BCUT2D eigenvalue weighted by Crippen LogP contribution is -2.16. The number of halogens is 3. The molecule has 0 bridgehead atoms. The predicted octanol–water partition coefficient (Wildman–Crippen LogP) is 4.20. The Labute approximate surface area is 122 Å². The summed E-state index contributed by atoms with van der Waals surface area (Å²) in [7, 11) is 0. The van der Waals surface area contributed by atoms with Crippen molar-refractivity contribution < 1.29 is 17.9 Å². The van der Waals surface area contributed by atoms with Crippen LogP contribution in [-0.4, -0.2) is 25.3 Å². The van der Waals surface area contributed by atoms with Gasteiger partial charge in [0.25, 0.3) is 0 Å². The predicted molar refractivity (Wildman–Crippen MR) is 75.8 cm³/mol. The van der Waals surface area contributed by atoms with Crippen LogP contribution in [0.3, 0.4) is 0 Å². The van der Waals surface area contributed by atoms with E-state index in [0.717, 1.165) is 38.2 Å². The van der Waals surface area contributed by atoms with Crippen LogP contribution >= 0.6 is 11.8 Å². The van der Waals surface area contributed by atoms with Crippen LogP contribution in [0.15, 0.2) is 29.2 Å². The standard InChI is InChI=1S/C14H20F3NOS/c1-2-9-19-10-3-8-18-11-12-4-6-13(7-5-12)20-14(15,16)17/h4-7,18H,2-3,8-11H2,1H3. The van der Waals surface area contributed by atoms with Crippen molar-refractivity contribution in [1.29, 1.82) is 0 Å². The summed E-state index contributed by atoms with van der Waals surface area (Å²) in [6, 6.07) is 6.43. The molecule has 0 aliphatic rings. The molecule has 1 aromatic rings. The molecule has 0 saturated carbocycles. The minimum absolute atomic E-state index is 0.0880. The first-order valence-corrected chi connectivity index (χ1v) is 7.46. The van der Waals surface area contributed by atoms with Gasteiger partial charge in [-0.1, -0.05) is 19.1 Å². The van der Waals surface area contributed by atoms with Crippen molar-refractivity contribution in [1.82, 2.24) is 5.32 Å². The molecule has 0 aliphatic heterocycles. The second-order valence-corrected chi connectivity index (χ2v) is 5.47. The van der Waals surface area contributed by atoms with Crippen LogP contribution in [0.4, 0.5) is 13.2 Å². The molecule has 0 spiro atoms. The maximum atomic E-state index is 12.2.